The first-order valence-electron chi connectivity index (χ1n) is 7.12. The second kappa shape index (κ2) is 4.93. The summed E-state index contributed by atoms with van der Waals surface area (Å²) < 4.78 is 0. The lowest BCUT2D eigenvalue weighted by Crippen LogP contribution is -2.44. The number of piperidine rings is 1. The zero-order valence-electron chi connectivity index (χ0n) is 11.5. The van der Waals surface area contributed by atoms with Gasteiger partial charge in [-0.3, -0.25) is 9.78 Å². The predicted molar refractivity (Wildman–Crippen MR) is 74.0 cm³/mol. The van der Waals surface area contributed by atoms with Crippen molar-refractivity contribution in [2.24, 2.45) is 5.41 Å². The number of pyridine rings is 1. The molecule has 2 fully saturated rings. The number of amides is 1. The van der Waals surface area contributed by atoms with Crippen LogP contribution in [-0.2, 0) is 0 Å². The van der Waals surface area contributed by atoms with Gasteiger partial charge in [-0.1, -0.05) is 6.07 Å². The van der Waals surface area contributed by atoms with Crippen LogP contribution in [0.2, 0.25) is 0 Å². The highest BCUT2D eigenvalue weighted by Gasteiger charge is 2.38. The first-order chi connectivity index (χ1) is 9.20. The minimum absolute atomic E-state index is 0.0962. The van der Waals surface area contributed by atoms with E-state index in [0.29, 0.717) is 11.1 Å². The van der Waals surface area contributed by atoms with E-state index in [4.69, 9.17) is 0 Å². The molecular formula is C15H21N3O. The number of aromatic nitrogens is 1. The Hall–Kier alpha value is -1.42. The van der Waals surface area contributed by atoms with E-state index in [0.717, 1.165) is 44.6 Å². The van der Waals surface area contributed by atoms with Gasteiger partial charge < -0.3 is 10.2 Å². The van der Waals surface area contributed by atoms with Gasteiger partial charge in [-0.15, -0.1) is 0 Å². The Morgan fingerprint density at radius 2 is 2.16 bits per heavy atom. The van der Waals surface area contributed by atoms with Gasteiger partial charge in [0.25, 0.3) is 5.91 Å². The van der Waals surface area contributed by atoms with Gasteiger partial charge in [0.05, 0.1) is 0 Å². The lowest BCUT2D eigenvalue weighted by Gasteiger charge is -2.38. The van der Waals surface area contributed by atoms with E-state index in [1.807, 2.05) is 24.0 Å². The Balaban J connectivity index is 1.68. The molecule has 102 valence electrons. The minimum Gasteiger partial charge on any atom is -0.337 e. The quantitative estimate of drug-likeness (QED) is 0.833. The molecule has 1 aromatic heterocycles. The number of nitrogens with one attached hydrogen (secondary N) is 1. The number of carbonyl (C=O) groups is 1. The van der Waals surface area contributed by atoms with Crippen molar-refractivity contribution >= 4 is 5.91 Å². The molecule has 1 N–H and O–H groups in total. The highest BCUT2D eigenvalue weighted by atomic mass is 16.2. The number of aryl methyl sites for hydroxylation is 1. The van der Waals surface area contributed by atoms with Crippen LogP contribution in [0.3, 0.4) is 0 Å². The summed E-state index contributed by atoms with van der Waals surface area (Å²) in [6.07, 6.45) is 5.21. The molecule has 2 saturated heterocycles. The van der Waals surface area contributed by atoms with E-state index in [9.17, 15) is 4.79 Å². The average molecular weight is 259 g/mol. The number of rotatable bonds is 1. The molecule has 3 heterocycles. The molecule has 1 spiro atoms. The molecule has 4 nitrogen and oxygen atoms in total. The van der Waals surface area contributed by atoms with Gasteiger partial charge in [0.15, 0.2) is 0 Å². The molecule has 0 saturated carbocycles. The summed E-state index contributed by atoms with van der Waals surface area (Å²) in [5.41, 5.74) is 2.04. The van der Waals surface area contributed by atoms with Gasteiger partial charge in [0, 0.05) is 25.8 Å². The molecule has 0 aromatic carbocycles. The van der Waals surface area contributed by atoms with Gasteiger partial charge in [0.2, 0.25) is 0 Å². The Morgan fingerprint density at radius 1 is 1.37 bits per heavy atom. The van der Waals surface area contributed by atoms with Crippen LogP contribution in [0.25, 0.3) is 0 Å². The molecule has 1 amide bonds. The predicted octanol–water partition coefficient (Wildman–Crippen LogP) is 1.61. The van der Waals surface area contributed by atoms with Crippen molar-refractivity contribution in [2.75, 3.05) is 26.2 Å². The van der Waals surface area contributed by atoms with E-state index in [1.54, 1.807) is 6.20 Å². The lowest BCUT2D eigenvalue weighted by molar-refractivity contribution is 0.0601. The molecule has 2 aliphatic heterocycles. The summed E-state index contributed by atoms with van der Waals surface area (Å²) in [5, 5.41) is 3.45. The monoisotopic (exact) mass is 259 g/mol. The number of carbonyl (C=O) groups excluding carboxylic acids is 1. The number of hydrogen-bond donors (Lipinski definition) is 1. The maximum Gasteiger partial charge on any atom is 0.272 e. The zero-order chi connectivity index (χ0) is 13.3. The molecule has 3 rings (SSSR count). The second-order valence-electron chi connectivity index (χ2n) is 5.89. The molecule has 0 bridgehead atoms. The Kier molecular flexibility index (Phi) is 3.27. The molecule has 0 atom stereocenters. The molecular weight excluding hydrogens is 238 g/mol. The van der Waals surface area contributed by atoms with Crippen LogP contribution in [0.4, 0.5) is 0 Å². The van der Waals surface area contributed by atoms with Crippen molar-refractivity contribution in [3.05, 3.63) is 29.6 Å². The van der Waals surface area contributed by atoms with Crippen LogP contribution >= 0.6 is 0 Å². The normalized spacial score (nSPS) is 21.8. The Bertz CT molecular complexity index is 470. The first kappa shape index (κ1) is 12.6. The van der Waals surface area contributed by atoms with Crippen molar-refractivity contribution in [3.63, 3.8) is 0 Å². The molecule has 0 radical (unpaired) electrons. The van der Waals surface area contributed by atoms with Gasteiger partial charge in [-0.05, 0) is 49.8 Å². The highest BCUT2D eigenvalue weighted by molar-refractivity contribution is 5.93. The summed E-state index contributed by atoms with van der Waals surface area (Å²) >= 11 is 0. The van der Waals surface area contributed by atoms with Crippen LogP contribution in [0.5, 0.6) is 0 Å². The van der Waals surface area contributed by atoms with Crippen molar-refractivity contribution in [3.8, 4) is 0 Å². The van der Waals surface area contributed by atoms with Crippen molar-refractivity contribution in [1.82, 2.24) is 15.2 Å². The summed E-state index contributed by atoms with van der Waals surface area (Å²) in [6, 6.07) is 3.83. The van der Waals surface area contributed by atoms with Crippen LogP contribution in [0.1, 0.15) is 35.3 Å². The largest absolute Gasteiger partial charge is 0.337 e. The molecule has 4 heteroatoms. The zero-order valence-corrected chi connectivity index (χ0v) is 11.5. The molecule has 1 aromatic rings. The first-order valence-corrected chi connectivity index (χ1v) is 7.12. The van der Waals surface area contributed by atoms with Crippen LogP contribution in [0, 0.1) is 12.3 Å². The fourth-order valence-electron chi connectivity index (χ4n) is 3.27. The van der Waals surface area contributed by atoms with Gasteiger partial charge in [-0.25, -0.2) is 0 Å². The Labute approximate surface area is 114 Å². The number of hydrogen-bond acceptors (Lipinski definition) is 3. The third kappa shape index (κ3) is 2.37. The van der Waals surface area contributed by atoms with E-state index in [2.05, 4.69) is 10.3 Å². The van der Waals surface area contributed by atoms with E-state index in [1.165, 1.54) is 6.42 Å². The molecule has 0 aliphatic carbocycles. The lowest BCUT2D eigenvalue weighted by atomic mass is 9.78. The fraction of sp³-hybridized carbons (Fsp3) is 0.600. The van der Waals surface area contributed by atoms with Gasteiger partial charge >= 0.3 is 0 Å². The van der Waals surface area contributed by atoms with Crippen LogP contribution in [-0.4, -0.2) is 42.0 Å². The van der Waals surface area contributed by atoms with Crippen LogP contribution in [0.15, 0.2) is 18.3 Å². The van der Waals surface area contributed by atoms with Crippen molar-refractivity contribution in [2.45, 2.75) is 26.2 Å². The summed E-state index contributed by atoms with van der Waals surface area (Å²) in [7, 11) is 0. The SMILES string of the molecule is Cc1cccnc1C(=O)N1CCC2(CCNC2)CC1. The highest BCUT2D eigenvalue weighted by Crippen LogP contribution is 2.37. The van der Waals surface area contributed by atoms with Crippen LogP contribution < -0.4 is 5.32 Å². The van der Waals surface area contributed by atoms with E-state index >= 15 is 0 Å². The third-order valence-corrected chi connectivity index (χ3v) is 4.66. The summed E-state index contributed by atoms with van der Waals surface area (Å²) in [6.45, 7) is 5.95. The van der Waals surface area contributed by atoms with E-state index < -0.39 is 0 Å². The standard InChI is InChI=1S/C15H21N3O/c1-12-3-2-7-17-13(12)14(19)18-9-5-15(6-10-18)4-8-16-11-15/h2-3,7,16H,4-6,8-11H2,1H3. The van der Waals surface area contributed by atoms with Crippen molar-refractivity contribution in [1.29, 1.82) is 0 Å². The molecule has 2 aliphatic rings. The number of nitrogens with zero attached hydrogens (tertiary/aromatic N) is 2. The Morgan fingerprint density at radius 3 is 2.79 bits per heavy atom. The third-order valence-electron chi connectivity index (χ3n) is 4.66. The van der Waals surface area contributed by atoms with Gasteiger partial charge in [0.1, 0.15) is 5.69 Å². The van der Waals surface area contributed by atoms with E-state index in [-0.39, 0.29) is 5.91 Å². The minimum atomic E-state index is 0.0962. The second-order valence-corrected chi connectivity index (χ2v) is 5.89. The van der Waals surface area contributed by atoms with Gasteiger partial charge in [-0.2, -0.15) is 0 Å². The van der Waals surface area contributed by atoms with Crippen molar-refractivity contribution < 1.29 is 4.79 Å². The number of likely N-dealkylation sites (tertiary alicyclic amines) is 1. The fourth-order valence-corrected chi connectivity index (χ4v) is 3.27. The average Bonchev–Trinajstić information content (AvgIpc) is 2.88. The maximum atomic E-state index is 12.5. The molecule has 19 heavy (non-hydrogen) atoms. The summed E-state index contributed by atoms with van der Waals surface area (Å²) in [5.74, 6) is 0.0962. The smallest absolute Gasteiger partial charge is 0.272 e. The topological polar surface area (TPSA) is 45.2 Å². The molecule has 0 unspecified atom stereocenters. The maximum absolute atomic E-state index is 12.5. The summed E-state index contributed by atoms with van der Waals surface area (Å²) in [4.78, 5) is 18.7.